The third-order valence-corrected chi connectivity index (χ3v) is 3.20. The molecule has 0 bridgehead atoms. The van der Waals surface area contributed by atoms with Crippen molar-refractivity contribution in [1.29, 1.82) is 0 Å². The number of carbonyl (C=O) groups is 1. The fourth-order valence-corrected chi connectivity index (χ4v) is 2.07. The molecule has 1 N–H and O–H groups in total. The molecule has 1 rings (SSSR count). The maximum atomic E-state index is 11.3. The maximum absolute atomic E-state index is 11.3. The Morgan fingerprint density at radius 3 is 2.31 bits per heavy atom. The Balaban J connectivity index is 3.05. The summed E-state index contributed by atoms with van der Waals surface area (Å²) >= 11 is 0. The van der Waals surface area contributed by atoms with Crippen LogP contribution < -0.4 is 0 Å². The molecule has 1 aromatic carbocycles. The number of benzene rings is 1. The lowest BCUT2D eigenvalue weighted by Crippen LogP contribution is -2.31. The first-order chi connectivity index (χ1) is 7.50. The van der Waals surface area contributed by atoms with E-state index < -0.39 is 11.4 Å². The van der Waals surface area contributed by atoms with Crippen molar-refractivity contribution in [1.82, 2.24) is 0 Å². The van der Waals surface area contributed by atoms with Crippen molar-refractivity contribution in [2.24, 2.45) is 5.41 Å². The predicted molar refractivity (Wildman–Crippen MR) is 65.5 cm³/mol. The highest BCUT2D eigenvalue weighted by molar-refractivity contribution is 5.75. The SMILES string of the molecule is CCCC(c1ccccc1)C(C)(C)C(=O)O. The highest BCUT2D eigenvalue weighted by Crippen LogP contribution is 2.39. The normalized spacial score (nSPS) is 13.4. The van der Waals surface area contributed by atoms with E-state index in [0.29, 0.717) is 0 Å². The Morgan fingerprint density at radius 2 is 1.88 bits per heavy atom. The van der Waals surface area contributed by atoms with Gasteiger partial charge in [-0.1, -0.05) is 43.7 Å². The summed E-state index contributed by atoms with van der Waals surface area (Å²) in [5.74, 6) is -0.647. The lowest BCUT2D eigenvalue weighted by atomic mass is 9.73. The Kier molecular flexibility index (Phi) is 4.11. The van der Waals surface area contributed by atoms with Crippen molar-refractivity contribution in [3.63, 3.8) is 0 Å². The fraction of sp³-hybridized carbons (Fsp3) is 0.500. The highest BCUT2D eigenvalue weighted by Gasteiger charge is 2.36. The van der Waals surface area contributed by atoms with Crippen LogP contribution in [0.4, 0.5) is 0 Å². The van der Waals surface area contributed by atoms with E-state index >= 15 is 0 Å². The molecule has 0 saturated heterocycles. The molecule has 88 valence electrons. The van der Waals surface area contributed by atoms with Gasteiger partial charge in [-0.25, -0.2) is 0 Å². The van der Waals surface area contributed by atoms with Crippen LogP contribution in [0.2, 0.25) is 0 Å². The summed E-state index contributed by atoms with van der Waals surface area (Å²) in [5.41, 5.74) is 0.411. The molecule has 0 amide bonds. The fourth-order valence-electron chi connectivity index (χ4n) is 2.07. The summed E-state index contributed by atoms with van der Waals surface area (Å²) < 4.78 is 0. The minimum atomic E-state index is -0.727. The van der Waals surface area contributed by atoms with Crippen molar-refractivity contribution >= 4 is 5.97 Å². The number of aliphatic carboxylic acids is 1. The monoisotopic (exact) mass is 220 g/mol. The molecule has 0 aromatic heterocycles. The molecule has 2 nitrogen and oxygen atoms in total. The Hall–Kier alpha value is -1.31. The zero-order chi connectivity index (χ0) is 12.2. The first-order valence-electron chi connectivity index (χ1n) is 5.78. The Labute approximate surface area is 97.3 Å². The van der Waals surface area contributed by atoms with Gasteiger partial charge in [-0.15, -0.1) is 0 Å². The summed E-state index contributed by atoms with van der Waals surface area (Å²) in [6, 6.07) is 9.93. The number of hydrogen-bond donors (Lipinski definition) is 1. The van der Waals surface area contributed by atoms with Gasteiger partial charge in [0.2, 0.25) is 0 Å². The molecular weight excluding hydrogens is 200 g/mol. The molecule has 0 aliphatic carbocycles. The smallest absolute Gasteiger partial charge is 0.309 e. The van der Waals surface area contributed by atoms with Crippen LogP contribution in [-0.2, 0) is 4.79 Å². The second-order valence-corrected chi connectivity index (χ2v) is 4.78. The Bertz CT molecular complexity index is 341. The van der Waals surface area contributed by atoms with E-state index in [1.54, 1.807) is 0 Å². The summed E-state index contributed by atoms with van der Waals surface area (Å²) in [7, 11) is 0. The van der Waals surface area contributed by atoms with Crippen LogP contribution in [0.25, 0.3) is 0 Å². The van der Waals surface area contributed by atoms with Gasteiger partial charge < -0.3 is 5.11 Å². The topological polar surface area (TPSA) is 37.3 Å². The number of hydrogen-bond acceptors (Lipinski definition) is 1. The van der Waals surface area contributed by atoms with Crippen LogP contribution in [0.15, 0.2) is 30.3 Å². The second kappa shape index (κ2) is 5.15. The van der Waals surface area contributed by atoms with Crippen LogP contribution in [0.5, 0.6) is 0 Å². The van der Waals surface area contributed by atoms with Crippen molar-refractivity contribution in [2.75, 3.05) is 0 Å². The molecule has 0 aliphatic heterocycles. The third kappa shape index (κ3) is 2.63. The molecule has 1 unspecified atom stereocenters. The lowest BCUT2D eigenvalue weighted by Gasteiger charge is -2.30. The maximum Gasteiger partial charge on any atom is 0.309 e. The second-order valence-electron chi connectivity index (χ2n) is 4.78. The molecule has 2 heteroatoms. The van der Waals surface area contributed by atoms with Gasteiger partial charge in [0, 0.05) is 0 Å². The molecule has 0 spiro atoms. The van der Waals surface area contributed by atoms with Gasteiger partial charge in [0.25, 0.3) is 0 Å². The van der Waals surface area contributed by atoms with Crippen molar-refractivity contribution in [3.05, 3.63) is 35.9 Å². The van der Waals surface area contributed by atoms with Gasteiger partial charge in [-0.2, -0.15) is 0 Å². The molecule has 1 atom stereocenters. The molecule has 0 aliphatic rings. The van der Waals surface area contributed by atoms with Crippen LogP contribution >= 0.6 is 0 Å². The van der Waals surface area contributed by atoms with E-state index in [4.69, 9.17) is 0 Å². The third-order valence-electron chi connectivity index (χ3n) is 3.20. The largest absolute Gasteiger partial charge is 0.481 e. The van der Waals surface area contributed by atoms with E-state index in [0.717, 1.165) is 18.4 Å². The van der Waals surface area contributed by atoms with Crippen molar-refractivity contribution in [2.45, 2.75) is 39.5 Å². The van der Waals surface area contributed by atoms with E-state index in [9.17, 15) is 9.90 Å². The minimum Gasteiger partial charge on any atom is -0.481 e. The van der Waals surface area contributed by atoms with E-state index in [1.165, 1.54) is 0 Å². The molecule has 1 aromatic rings. The first kappa shape index (κ1) is 12.8. The summed E-state index contributed by atoms with van der Waals surface area (Å²) in [4.78, 5) is 11.3. The van der Waals surface area contributed by atoms with Gasteiger partial charge in [0.05, 0.1) is 5.41 Å². The number of rotatable bonds is 5. The van der Waals surface area contributed by atoms with Crippen LogP contribution in [0, 0.1) is 5.41 Å². The number of carboxylic acid groups (broad SMARTS) is 1. The van der Waals surface area contributed by atoms with Gasteiger partial charge >= 0.3 is 5.97 Å². The standard InChI is InChI=1S/C14H20O2/c1-4-8-12(14(2,3)13(15)16)11-9-6-5-7-10-11/h5-7,9-10,12H,4,8H2,1-3H3,(H,15,16). The van der Waals surface area contributed by atoms with Gasteiger partial charge in [-0.05, 0) is 31.7 Å². The molecular formula is C14H20O2. The average Bonchev–Trinajstić information content (AvgIpc) is 2.26. The van der Waals surface area contributed by atoms with Gasteiger partial charge in [0.15, 0.2) is 0 Å². The van der Waals surface area contributed by atoms with E-state index in [-0.39, 0.29) is 5.92 Å². The summed E-state index contributed by atoms with van der Waals surface area (Å²) in [6.07, 6.45) is 1.90. The molecule has 0 heterocycles. The summed E-state index contributed by atoms with van der Waals surface area (Å²) in [6.45, 7) is 5.71. The lowest BCUT2D eigenvalue weighted by molar-refractivity contribution is -0.148. The van der Waals surface area contributed by atoms with Gasteiger partial charge in [0.1, 0.15) is 0 Å². The van der Waals surface area contributed by atoms with Gasteiger partial charge in [-0.3, -0.25) is 4.79 Å². The molecule has 0 fully saturated rings. The van der Waals surface area contributed by atoms with Crippen molar-refractivity contribution in [3.8, 4) is 0 Å². The van der Waals surface area contributed by atoms with Crippen LogP contribution in [0.3, 0.4) is 0 Å². The molecule has 0 radical (unpaired) electrons. The highest BCUT2D eigenvalue weighted by atomic mass is 16.4. The quantitative estimate of drug-likeness (QED) is 0.821. The summed E-state index contributed by atoms with van der Waals surface area (Å²) in [5, 5.41) is 9.30. The molecule has 16 heavy (non-hydrogen) atoms. The van der Waals surface area contributed by atoms with Crippen molar-refractivity contribution < 1.29 is 9.90 Å². The molecule has 0 saturated carbocycles. The first-order valence-corrected chi connectivity index (χ1v) is 5.78. The van der Waals surface area contributed by atoms with Crippen LogP contribution in [-0.4, -0.2) is 11.1 Å². The van der Waals surface area contributed by atoms with Crippen LogP contribution in [0.1, 0.15) is 45.1 Å². The average molecular weight is 220 g/mol. The Morgan fingerprint density at radius 1 is 1.31 bits per heavy atom. The zero-order valence-corrected chi connectivity index (χ0v) is 10.2. The zero-order valence-electron chi connectivity index (χ0n) is 10.2. The predicted octanol–water partition coefficient (Wildman–Crippen LogP) is 3.68. The minimum absolute atomic E-state index is 0.0798. The number of carboxylic acids is 1. The van der Waals surface area contributed by atoms with E-state index in [2.05, 4.69) is 6.92 Å². The van der Waals surface area contributed by atoms with E-state index in [1.807, 2.05) is 44.2 Å².